The van der Waals surface area contributed by atoms with Crippen LogP contribution in [0.25, 0.3) is 0 Å². The Labute approximate surface area is 109 Å². The molecule has 0 aliphatic carbocycles. The van der Waals surface area contributed by atoms with Gasteiger partial charge in [0.15, 0.2) is 5.82 Å². The summed E-state index contributed by atoms with van der Waals surface area (Å²) in [5, 5.41) is 7.43. The Bertz CT molecular complexity index is 347. The maximum atomic E-state index is 5.33. The van der Waals surface area contributed by atoms with Gasteiger partial charge >= 0.3 is 0 Å². The van der Waals surface area contributed by atoms with Gasteiger partial charge in [0.25, 0.3) is 0 Å². The normalized spacial score (nSPS) is 19.8. The van der Waals surface area contributed by atoms with Crippen molar-refractivity contribution in [3.63, 3.8) is 0 Å². The third-order valence-corrected chi connectivity index (χ3v) is 3.38. The van der Waals surface area contributed by atoms with E-state index in [-0.39, 0.29) is 0 Å². The fourth-order valence-electron chi connectivity index (χ4n) is 2.48. The minimum atomic E-state index is 0.617. The van der Waals surface area contributed by atoms with Crippen molar-refractivity contribution in [1.82, 2.24) is 20.4 Å². The molecule has 1 saturated heterocycles. The zero-order chi connectivity index (χ0) is 12.8. The molecule has 5 heteroatoms. The van der Waals surface area contributed by atoms with E-state index >= 15 is 0 Å². The maximum absolute atomic E-state index is 5.33. The van der Waals surface area contributed by atoms with Crippen LogP contribution in [-0.4, -0.2) is 40.7 Å². The third-order valence-electron chi connectivity index (χ3n) is 3.38. The van der Waals surface area contributed by atoms with Crippen molar-refractivity contribution < 1.29 is 4.52 Å². The lowest BCUT2D eigenvalue weighted by Crippen LogP contribution is -2.37. The van der Waals surface area contributed by atoms with E-state index in [9.17, 15) is 0 Å². The molecule has 0 spiro atoms. The Hall–Kier alpha value is -0.940. The standard InChI is InChI=1S/C13H24N4O/c1-3-5-12-15-13(18-16-12)10-17(8-4-2)11-6-7-14-9-11/h11,14H,3-10H2,1-2H3. The minimum Gasteiger partial charge on any atom is -0.338 e. The van der Waals surface area contributed by atoms with Crippen LogP contribution in [0.4, 0.5) is 0 Å². The third kappa shape index (κ3) is 3.53. The average molecular weight is 252 g/mol. The monoisotopic (exact) mass is 252 g/mol. The Morgan fingerprint density at radius 2 is 2.28 bits per heavy atom. The second kappa shape index (κ2) is 6.85. The number of nitrogens with zero attached hydrogens (tertiary/aromatic N) is 3. The lowest BCUT2D eigenvalue weighted by Gasteiger charge is -2.26. The molecule has 1 atom stereocenters. The first-order valence-corrected chi connectivity index (χ1v) is 7.09. The molecule has 102 valence electrons. The molecule has 2 rings (SSSR count). The van der Waals surface area contributed by atoms with Crippen LogP contribution in [0.3, 0.4) is 0 Å². The Balaban J connectivity index is 1.93. The average Bonchev–Trinajstić information content (AvgIpc) is 3.00. The van der Waals surface area contributed by atoms with Gasteiger partial charge in [0.05, 0.1) is 6.54 Å². The smallest absolute Gasteiger partial charge is 0.240 e. The fourth-order valence-corrected chi connectivity index (χ4v) is 2.48. The number of nitrogens with one attached hydrogen (secondary N) is 1. The molecule has 0 bridgehead atoms. The largest absolute Gasteiger partial charge is 0.338 e. The molecule has 0 amide bonds. The fraction of sp³-hybridized carbons (Fsp3) is 0.846. The van der Waals surface area contributed by atoms with Crippen LogP contribution in [0, 0.1) is 0 Å². The van der Waals surface area contributed by atoms with Gasteiger partial charge in [-0.25, -0.2) is 0 Å². The van der Waals surface area contributed by atoms with Crippen molar-refractivity contribution in [2.75, 3.05) is 19.6 Å². The van der Waals surface area contributed by atoms with E-state index in [0.717, 1.165) is 57.2 Å². The minimum absolute atomic E-state index is 0.617. The van der Waals surface area contributed by atoms with E-state index < -0.39 is 0 Å². The van der Waals surface area contributed by atoms with Crippen LogP contribution in [0.15, 0.2) is 4.52 Å². The van der Waals surface area contributed by atoms with Crippen LogP contribution in [0.1, 0.15) is 44.8 Å². The molecule has 0 aromatic carbocycles. The van der Waals surface area contributed by atoms with Crippen molar-refractivity contribution >= 4 is 0 Å². The van der Waals surface area contributed by atoms with Crippen LogP contribution >= 0.6 is 0 Å². The number of aryl methyl sites for hydroxylation is 1. The molecule has 0 radical (unpaired) electrons. The van der Waals surface area contributed by atoms with Gasteiger partial charge in [-0.3, -0.25) is 4.90 Å². The molecule has 0 saturated carbocycles. The molecule has 1 fully saturated rings. The number of hydrogen-bond donors (Lipinski definition) is 1. The van der Waals surface area contributed by atoms with E-state index in [1.807, 2.05) is 0 Å². The van der Waals surface area contributed by atoms with Gasteiger partial charge in [0.2, 0.25) is 5.89 Å². The van der Waals surface area contributed by atoms with Crippen LogP contribution < -0.4 is 5.32 Å². The highest BCUT2D eigenvalue weighted by Crippen LogP contribution is 2.13. The highest BCUT2D eigenvalue weighted by atomic mass is 16.5. The molecule has 18 heavy (non-hydrogen) atoms. The molecule has 2 heterocycles. The Morgan fingerprint density at radius 1 is 1.39 bits per heavy atom. The summed E-state index contributed by atoms with van der Waals surface area (Å²) in [5.41, 5.74) is 0. The van der Waals surface area contributed by atoms with Gasteiger partial charge in [-0.05, 0) is 32.4 Å². The highest BCUT2D eigenvalue weighted by molar-refractivity contribution is 4.89. The van der Waals surface area contributed by atoms with E-state index in [1.165, 1.54) is 6.42 Å². The van der Waals surface area contributed by atoms with Crippen LogP contribution in [-0.2, 0) is 13.0 Å². The molecule has 1 aliphatic rings. The number of hydrogen-bond acceptors (Lipinski definition) is 5. The highest BCUT2D eigenvalue weighted by Gasteiger charge is 2.23. The molecular weight excluding hydrogens is 228 g/mol. The second-order valence-electron chi connectivity index (χ2n) is 4.97. The van der Waals surface area contributed by atoms with Crippen LogP contribution in [0.5, 0.6) is 0 Å². The lowest BCUT2D eigenvalue weighted by molar-refractivity contribution is 0.174. The molecular formula is C13H24N4O. The van der Waals surface area contributed by atoms with Crippen molar-refractivity contribution in [2.45, 2.75) is 52.1 Å². The maximum Gasteiger partial charge on any atom is 0.240 e. The van der Waals surface area contributed by atoms with E-state index in [2.05, 4.69) is 34.2 Å². The zero-order valence-corrected chi connectivity index (χ0v) is 11.5. The van der Waals surface area contributed by atoms with Gasteiger partial charge in [-0.1, -0.05) is 19.0 Å². The topological polar surface area (TPSA) is 54.2 Å². The predicted octanol–water partition coefficient (Wildman–Crippen LogP) is 1.60. The Kier molecular flexibility index (Phi) is 5.13. The zero-order valence-electron chi connectivity index (χ0n) is 11.5. The van der Waals surface area contributed by atoms with Gasteiger partial charge in [0.1, 0.15) is 0 Å². The van der Waals surface area contributed by atoms with E-state index in [1.54, 1.807) is 0 Å². The molecule has 1 N–H and O–H groups in total. The van der Waals surface area contributed by atoms with Gasteiger partial charge in [0, 0.05) is 19.0 Å². The van der Waals surface area contributed by atoms with Crippen molar-refractivity contribution in [1.29, 1.82) is 0 Å². The summed E-state index contributed by atoms with van der Waals surface area (Å²) in [7, 11) is 0. The molecule has 5 nitrogen and oxygen atoms in total. The second-order valence-corrected chi connectivity index (χ2v) is 4.97. The van der Waals surface area contributed by atoms with E-state index in [4.69, 9.17) is 4.52 Å². The summed E-state index contributed by atoms with van der Waals surface area (Å²) < 4.78 is 5.33. The molecule has 1 aromatic heterocycles. The number of rotatable bonds is 7. The SMILES string of the molecule is CCCc1noc(CN(CCC)C2CCNC2)n1. The summed E-state index contributed by atoms with van der Waals surface area (Å²) in [6.07, 6.45) is 4.34. The van der Waals surface area contributed by atoms with Gasteiger partial charge in [-0.15, -0.1) is 0 Å². The Morgan fingerprint density at radius 3 is 2.94 bits per heavy atom. The van der Waals surface area contributed by atoms with Crippen molar-refractivity contribution in [3.05, 3.63) is 11.7 Å². The quantitative estimate of drug-likeness (QED) is 0.798. The summed E-state index contributed by atoms with van der Waals surface area (Å²) in [5.74, 6) is 1.60. The first-order valence-electron chi connectivity index (χ1n) is 7.09. The predicted molar refractivity (Wildman–Crippen MR) is 70.3 cm³/mol. The first-order chi connectivity index (χ1) is 8.83. The first kappa shape index (κ1) is 13.5. The van der Waals surface area contributed by atoms with Crippen molar-refractivity contribution in [2.24, 2.45) is 0 Å². The summed E-state index contributed by atoms with van der Waals surface area (Å²) in [4.78, 5) is 6.92. The molecule has 1 aliphatic heterocycles. The molecule has 1 unspecified atom stereocenters. The van der Waals surface area contributed by atoms with Crippen LogP contribution in [0.2, 0.25) is 0 Å². The van der Waals surface area contributed by atoms with Gasteiger partial charge < -0.3 is 9.84 Å². The summed E-state index contributed by atoms with van der Waals surface area (Å²) in [6, 6.07) is 0.617. The van der Waals surface area contributed by atoms with Crippen molar-refractivity contribution in [3.8, 4) is 0 Å². The molecule has 1 aromatic rings. The van der Waals surface area contributed by atoms with E-state index in [0.29, 0.717) is 6.04 Å². The summed E-state index contributed by atoms with van der Waals surface area (Å²) in [6.45, 7) is 8.43. The number of aromatic nitrogens is 2. The lowest BCUT2D eigenvalue weighted by atomic mass is 10.2. The summed E-state index contributed by atoms with van der Waals surface area (Å²) >= 11 is 0. The van der Waals surface area contributed by atoms with Gasteiger partial charge in [-0.2, -0.15) is 4.98 Å².